The number of hydrogen-bond acceptors (Lipinski definition) is 4. The fourth-order valence-electron chi connectivity index (χ4n) is 2.78. The lowest BCUT2D eigenvalue weighted by Gasteiger charge is -2.22. The molecule has 0 saturated heterocycles. The molecule has 0 N–H and O–H groups in total. The Bertz CT molecular complexity index is 932. The molecule has 2 aromatic carbocycles. The second-order valence-electron chi connectivity index (χ2n) is 6.74. The van der Waals surface area contributed by atoms with Gasteiger partial charge in [-0.05, 0) is 31.0 Å². The standard InChI is InChI=1S/C22H24N2O3S/c1-18(2)27-22-14-13-21(15-23-22)28(25,26)24(16-19-9-5-3-6-10-19)17-20-11-7-4-8-12-20/h3-15,18H,16-17H2,1-2H3. The first-order chi connectivity index (χ1) is 13.4. The summed E-state index contributed by atoms with van der Waals surface area (Å²) in [5.74, 6) is 0.409. The van der Waals surface area contributed by atoms with Crippen molar-refractivity contribution in [2.24, 2.45) is 0 Å². The van der Waals surface area contributed by atoms with Gasteiger partial charge in [0.1, 0.15) is 4.90 Å². The minimum absolute atomic E-state index is 0.0254. The number of aromatic nitrogens is 1. The zero-order valence-corrected chi connectivity index (χ0v) is 16.8. The van der Waals surface area contributed by atoms with Gasteiger partial charge in [-0.15, -0.1) is 0 Å². The number of hydrogen-bond donors (Lipinski definition) is 0. The van der Waals surface area contributed by atoms with Crippen molar-refractivity contribution in [1.82, 2.24) is 9.29 Å². The minimum Gasteiger partial charge on any atom is -0.475 e. The Hall–Kier alpha value is -2.70. The van der Waals surface area contributed by atoms with Crippen LogP contribution >= 0.6 is 0 Å². The highest BCUT2D eigenvalue weighted by Crippen LogP contribution is 2.22. The lowest BCUT2D eigenvalue weighted by molar-refractivity contribution is 0.232. The van der Waals surface area contributed by atoms with Crippen LogP contribution in [0, 0.1) is 0 Å². The van der Waals surface area contributed by atoms with E-state index in [2.05, 4.69) is 4.98 Å². The normalized spacial score (nSPS) is 11.7. The maximum atomic E-state index is 13.3. The third-order valence-electron chi connectivity index (χ3n) is 4.11. The molecule has 0 aliphatic rings. The van der Waals surface area contributed by atoms with Crippen molar-refractivity contribution in [3.05, 3.63) is 90.1 Å². The largest absolute Gasteiger partial charge is 0.475 e. The molecule has 0 radical (unpaired) electrons. The first-order valence-corrected chi connectivity index (χ1v) is 10.6. The van der Waals surface area contributed by atoms with Crippen molar-refractivity contribution in [2.45, 2.75) is 37.9 Å². The summed E-state index contributed by atoms with van der Waals surface area (Å²) < 4.78 is 33.6. The molecule has 3 aromatic rings. The molecule has 0 aliphatic heterocycles. The molecule has 0 aliphatic carbocycles. The van der Waals surface area contributed by atoms with Crippen molar-refractivity contribution >= 4 is 10.0 Å². The van der Waals surface area contributed by atoms with E-state index in [0.717, 1.165) is 11.1 Å². The average Bonchev–Trinajstić information content (AvgIpc) is 2.69. The average molecular weight is 397 g/mol. The third kappa shape index (κ3) is 5.18. The smallest absolute Gasteiger partial charge is 0.245 e. The molecule has 3 rings (SSSR count). The molecule has 0 fully saturated rings. The van der Waals surface area contributed by atoms with Gasteiger partial charge >= 0.3 is 0 Å². The Kier molecular flexibility index (Phi) is 6.44. The highest BCUT2D eigenvalue weighted by Gasteiger charge is 2.25. The van der Waals surface area contributed by atoms with Crippen LogP contribution in [-0.2, 0) is 23.1 Å². The summed E-state index contributed by atoms with van der Waals surface area (Å²) in [6.07, 6.45) is 1.33. The van der Waals surface area contributed by atoms with Crippen LogP contribution in [-0.4, -0.2) is 23.8 Å². The zero-order chi connectivity index (χ0) is 20.0. The third-order valence-corrected chi connectivity index (χ3v) is 5.88. The van der Waals surface area contributed by atoms with Crippen molar-refractivity contribution < 1.29 is 13.2 Å². The summed E-state index contributed by atoms with van der Waals surface area (Å²) in [5.41, 5.74) is 1.85. The van der Waals surface area contributed by atoms with Crippen molar-refractivity contribution in [3.8, 4) is 5.88 Å². The number of rotatable bonds is 8. The van der Waals surface area contributed by atoms with Crippen molar-refractivity contribution in [1.29, 1.82) is 0 Å². The van der Waals surface area contributed by atoms with Gasteiger partial charge in [0.15, 0.2) is 0 Å². The number of ether oxygens (including phenoxy) is 1. The van der Waals surface area contributed by atoms with Crippen molar-refractivity contribution in [3.63, 3.8) is 0 Å². The lowest BCUT2D eigenvalue weighted by atomic mass is 10.2. The Morgan fingerprint density at radius 2 is 1.39 bits per heavy atom. The van der Waals surface area contributed by atoms with E-state index in [9.17, 15) is 8.42 Å². The number of nitrogens with zero attached hydrogens (tertiary/aromatic N) is 2. The molecule has 1 aromatic heterocycles. The first kappa shape index (κ1) is 20.0. The molecular weight excluding hydrogens is 372 g/mol. The SMILES string of the molecule is CC(C)Oc1ccc(S(=O)(=O)N(Cc2ccccc2)Cc2ccccc2)cn1. The molecule has 28 heavy (non-hydrogen) atoms. The molecule has 0 amide bonds. The number of benzene rings is 2. The topological polar surface area (TPSA) is 59.5 Å². The second-order valence-corrected chi connectivity index (χ2v) is 8.68. The van der Waals surface area contributed by atoms with E-state index in [1.807, 2.05) is 74.5 Å². The van der Waals surface area contributed by atoms with Gasteiger partial charge < -0.3 is 4.74 Å². The Morgan fingerprint density at radius 3 is 1.82 bits per heavy atom. The van der Waals surface area contributed by atoms with Gasteiger partial charge in [-0.1, -0.05) is 60.7 Å². The molecule has 0 saturated carbocycles. The summed E-state index contributed by atoms with van der Waals surface area (Å²) in [6.45, 7) is 4.35. The van der Waals surface area contributed by atoms with Crippen LogP contribution in [0.25, 0.3) is 0 Å². The summed E-state index contributed by atoms with van der Waals surface area (Å²) in [5, 5.41) is 0. The van der Waals surface area contributed by atoms with Crippen LogP contribution in [0.5, 0.6) is 5.88 Å². The Morgan fingerprint density at radius 1 is 0.857 bits per heavy atom. The van der Waals surface area contributed by atoms with Crippen molar-refractivity contribution in [2.75, 3.05) is 0 Å². The van der Waals surface area contributed by atoms with E-state index < -0.39 is 10.0 Å². The lowest BCUT2D eigenvalue weighted by Crippen LogP contribution is -2.30. The molecule has 0 atom stereocenters. The fraction of sp³-hybridized carbons (Fsp3) is 0.227. The number of sulfonamides is 1. The van der Waals surface area contributed by atoms with Crippen LogP contribution in [0.1, 0.15) is 25.0 Å². The molecule has 0 unspecified atom stereocenters. The first-order valence-electron chi connectivity index (χ1n) is 9.16. The van der Waals surface area contributed by atoms with Crippen LogP contribution < -0.4 is 4.74 Å². The van der Waals surface area contributed by atoms with Gasteiger partial charge in [0, 0.05) is 19.2 Å². The summed E-state index contributed by atoms with van der Waals surface area (Å²) >= 11 is 0. The summed E-state index contributed by atoms with van der Waals surface area (Å²) in [4.78, 5) is 4.30. The predicted molar refractivity (Wildman–Crippen MR) is 109 cm³/mol. The maximum Gasteiger partial charge on any atom is 0.245 e. The van der Waals surface area contributed by atoms with E-state index in [1.165, 1.54) is 10.5 Å². The molecule has 1 heterocycles. The van der Waals surface area contributed by atoms with Gasteiger partial charge in [-0.2, -0.15) is 4.31 Å². The van der Waals surface area contributed by atoms with E-state index in [-0.39, 0.29) is 24.1 Å². The van der Waals surface area contributed by atoms with E-state index in [1.54, 1.807) is 12.1 Å². The molecule has 0 bridgehead atoms. The van der Waals surface area contributed by atoms with E-state index >= 15 is 0 Å². The highest BCUT2D eigenvalue weighted by atomic mass is 32.2. The van der Waals surface area contributed by atoms with Crippen LogP contribution in [0.2, 0.25) is 0 Å². The highest BCUT2D eigenvalue weighted by molar-refractivity contribution is 7.89. The molecular formula is C22H24N2O3S. The van der Waals surface area contributed by atoms with Gasteiger partial charge in [-0.3, -0.25) is 0 Å². The molecule has 5 nitrogen and oxygen atoms in total. The Labute approximate surface area is 166 Å². The van der Waals surface area contributed by atoms with Crippen LogP contribution in [0.15, 0.2) is 83.9 Å². The van der Waals surface area contributed by atoms with Crippen LogP contribution in [0.3, 0.4) is 0 Å². The Balaban J connectivity index is 1.90. The zero-order valence-electron chi connectivity index (χ0n) is 16.0. The molecule has 6 heteroatoms. The van der Waals surface area contributed by atoms with Crippen LogP contribution in [0.4, 0.5) is 0 Å². The summed E-state index contributed by atoms with van der Waals surface area (Å²) in [7, 11) is -3.73. The maximum absolute atomic E-state index is 13.3. The fourth-order valence-corrected chi connectivity index (χ4v) is 4.14. The van der Waals surface area contributed by atoms with Gasteiger partial charge in [-0.25, -0.2) is 13.4 Å². The van der Waals surface area contributed by atoms with E-state index in [4.69, 9.17) is 4.74 Å². The minimum atomic E-state index is -3.73. The van der Waals surface area contributed by atoms with E-state index in [0.29, 0.717) is 5.88 Å². The summed E-state index contributed by atoms with van der Waals surface area (Å²) in [6, 6.07) is 22.3. The monoisotopic (exact) mass is 396 g/mol. The quantitative estimate of drug-likeness (QED) is 0.571. The predicted octanol–water partition coefficient (Wildman–Crippen LogP) is 4.26. The number of pyridine rings is 1. The molecule has 0 spiro atoms. The van der Waals surface area contributed by atoms with Gasteiger partial charge in [0.2, 0.25) is 15.9 Å². The molecule has 146 valence electrons. The second kappa shape index (κ2) is 8.99. The van der Waals surface area contributed by atoms with Gasteiger partial charge in [0.25, 0.3) is 0 Å². The van der Waals surface area contributed by atoms with Gasteiger partial charge in [0.05, 0.1) is 12.3 Å².